The topological polar surface area (TPSA) is 99.3 Å². The number of nitrogens with one attached hydrogen (secondary N) is 1. The van der Waals surface area contributed by atoms with Crippen molar-refractivity contribution in [2.24, 2.45) is 0 Å². The Morgan fingerprint density at radius 1 is 0.733 bits per heavy atom. The number of anilines is 4. The maximum Gasteiger partial charge on any atom is 0.177 e. The molecule has 152 valence electrons. The van der Waals surface area contributed by atoms with Crippen LogP contribution in [0, 0.1) is 6.92 Å². The van der Waals surface area contributed by atoms with Crippen molar-refractivity contribution in [3.8, 4) is 5.75 Å². The van der Waals surface area contributed by atoms with Crippen molar-refractivity contribution in [1.82, 2.24) is 0 Å². The summed E-state index contributed by atoms with van der Waals surface area (Å²) >= 11 is 0. The van der Waals surface area contributed by atoms with Gasteiger partial charge in [-0.3, -0.25) is 0 Å². The summed E-state index contributed by atoms with van der Waals surface area (Å²) in [5.74, 6) is 0.583. The quantitative estimate of drug-likeness (QED) is 0.268. The number of hydrogen-bond donors (Lipinski definition) is 4. The van der Waals surface area contributed by atoms with E-state index in [1.54, 1.807) is 6.07 Å². The Morgan fingerprint density at radius 2 is 1.50 bits per heavy atom. The fraction of sp³-hybridized carbons (Fsp3) is 0.120. The van der Waals surface area contributed by atoms with Gasteiger partial charge in [-0.05, 0) is 78.2 Å². The van der Waals surface area contributed by atoms with Crippen LogP contribution in [0.2, 0.25) is 0 Å². The maximum absolute atomic E-state index is 6.24. The molecule has 4 aromatic carbocycles. The van der Waals surface area contributed by atoms with E-state index in [2.05, 4.69) is 36.7 Å². The van der Waals surface area contributed by atoms with E-state index in [1.807, 2.05) is 42.5 Å². The molecule has 0 fully saturated rings. The van der Waals surface area contributed by atoms with Crippen LogP contribution in [-0.4, -0.2) is 0 Å². The normalized spacial score (nSPS) is 10.8. The highest BCUT2D eigenvalue weighted by molar-refractivity contribution is 5.97. The molecule has 0 radical (unpaired) electrons. The van der Waals surface area contributed by atoms with Crippen molar-refractivity contribution >= 4 is 33.5 Å². The molecule has 0 aliphatic rings. The van der Waals surface area contributed by atoms with Crippen LogP contribution in [0.1, 0.15) is 16.7 Å². The zero-order valence-electron chi connectivity index (χ0n) is 17.0. The van der Waals surface area contributed by atoms with Gasteiger partial charge in [-0.1, -0.05) is 36.4 Å². The minimum Gasteiger partial charge on any atom is -0.399 e. The molecule has 0 spiro atoms. The van der Waals surface area contributed by atoms with Crippen LogP contribution in [0.5, 0.6) is 5.75 Å². The minimum absolute atomic E-state index is 0.575. The lowest BCUT2D eigenvalue weighted by Crippen LogP contribution is -2.07. The zero-order valence-corrected chi connectivity index (χ0v) is 17.0. The second-order valence-corrected chi connectivity index (χ2v) is 7.47. The fourth-order valence-corrected chi connectivity index (χ4v) is 3.74. The summed E-state index contributed by atoms with van der Waals surface area (Å²) in [5, 5.41) is 2.33. The van der Waals surface area contributed by atoms with Crippen molar-refractivity contribution in [3.63, 3.8) is 0 Å². The Kier molecular flexibility index (Phi) is 5.35. The Hall–Kier alpha value is -3.86. The molecular formula is C25H26N4O. The summed E-state index contributed by atoms with van der Waals surface area (Å²) in [7, 11) is 0. The number of para-hydroxylation sites is 2. The van der Waals surface area contributed by atoms with Crippen LogP contribution < -0.4 is 27.5 Å². The van der Waals surface area contributed by atoms with Gasteiger partial charge < -0.3 is 22.0 Å². The van der Waals surface area contributed by atoms with E-state index in [0.29, 0.717) is 11.4 Å². The molecule has 0 atom stereocenters. The van der Waals surface area contributed by atoms with Crippen LogP contribution in [0.25, 0.3) is 10.8 Å². The van der Waals surface area contributed by atoms with Crippen molar-refractivity contribution in [3.05, 3.63) is 89.5 Å². The number of hydrogen-bond acceptors (Lipinski definition) is 5. The predicted molar refractivity (Wildman–Crippen MR) is 126 cm³/mol. The summed E-state index contributed by atoms with van der Waals surface area (Å²) < 4.78 is 0. The molecule has 0 heterocycles. The van der Waals surface area contributed by atoms with E-state index >= 15 is 0 Å². The number of rotatable bonds is 6. The van der Waals surface area contributed by atoms with E-state index in [9.17, 15) is 0 Å². The molecule has 7 N–H and O–H groups in total. The van der Waals surface area contributed by atoms with E-state index < -0.39 is 0 Å². The highest BCUT2D eigenvalue weighted by atomic mass is 16.6. The van der Waals surface area contributed by atoms with Gasteiger partial charge in [0.2, 0.25) is 0 Å². The first-order valence-electron chi connectivity index (χ1n) is 9.95. The summed E-state index contributed by atoms with van der Waals surface area (Å²) in [6, 6.07) is 23.5. The van der Waals surface area contributed by atoms with Crippen LogP contribution in [-0.2, 0) is 12.8 Å². The molecule has 30 heavy (non-hydrogen) atoms. The summed E-state index contributed by atoms with van der Waals surface area (Å²) in [6.45, 7) is 2.09. The predicted octanol–water partition coefficient (Wildman–Crippen LogP) is 5.09. The standard InChI is InChI=1S/C25H26N4O/c1-16-5-4-6-20-17(11-13-23(28)25(16)20)9-10-18-15-19(12-14-21(18)26)29-30-24-8-3-2-7-22(24)27/h2-8,11-15,29H,9-10,26-28H2,1H3. The maximum atomic E-state index is 6.24. The number of nitrogens with two attached hydrogens (primary N) is 3. The SMILES string of the molecule is Cc1cccc2c(CCc3cc(NOc4ccccc4N)ccc3N)ccc(N)c12. The van der Waals surface area contributed by atoms with E-state index in [-0.39, 0.29) is 0 Å². The van der Waals surface area contributed by atoms with E-state index in [1.165, 1.54) is 16.5 Å². The smallest absolute Gasteiger partial charge is 0.177 e. The molecule has 0 unspecified atom stereocenters. The van der Waals surface area contributed by atoms with Gasteiger partial charge in [0.1, 0.15) is 0 Å². The van der Waals surface area contributed by atoms with Gasteiger partial charge >= 0.3 is 0 Å². The third-order valence-electron chi connectivity index (χ3n) is 5.38. The van der Waals surface area contributed by atoms with Gasteiger partial charge in [-0.15, -0.1) is 0 Å². The van der Waals surface area contributed by atoms with Crippen molar-refractivity contribution < 1.29 is 4.84 Å². The lowest BCUT2D eigenvalue weighted by atomic mass is 9.95. The minimum atomic E-state index is 0.575. The van der Waals surface area contributed by atoms with Gasteiger partial charge in [0.05, 0.1) is 11.4 Å². The number of benzene rings is 4. The summed E-state index contributed by atoms with van der Waals surface area (Å²) in [5.41, 5.74) is 27.8. The van der Waals surface area contributed by atoms with Gasteiger partial charge in [0.25, 0.3) is 0 Å². The lowest BCUT2D eigenvalue weighted by molar-refractivity contribution is 0.407. The first kappa shape index (κ1) is 19.5. The Bertz CT molecular complexity index is 1190. The van der Waals surface area contributed by atoms with Crippen LogP contribution in [0.15, 0.2) is 72.8 Å². The van der Waals surface area contributed by atoms with E-state index in [4.69, 9.17) is 22.0 Å². The highest BCUT2D eigenvalue weighted by Gasteiger charge is 2.09. The molecule has 0 aliphatic heterocycles. The number of nitrogen functional groups attached to an aromatic ring is 3. The Morgan fingerprint density at radius 3 is 2.33 bits per heavy atom. The zero-order chi connectivity index (χ0) is 21.1. The summed E-state index contributed by atoms with van der Waals surface area (Å²) in [6.07, 6.45) is 1.67. The lowest BCUT2D eigenvalue weighted by Gasteiger charge is -2.14. The van der Waals surface area contributed by atoms with Gasteiger partial charge in [0, 0.05) is 16.8 Å². The summed E-state index contributed by atoms with van der Waals surface area (Å²) in [4.78, 5) is 5.63. The Labute approximate surface area is 176 Å². The van der Waals surface area contributed by atoms with E-state index in [0.717, 1.165) is 40.9 Å². The second kappa shape index (κ2) is 8.25. The van der Waals surface area contributed by atoms with Crippen LogP contribution >= 0.6 is 0 Å². The third-order valence-corrected chi connectivity index (χ3v) is 5.38. The molecule has 0 amide bonds. The van der Waals surface area contributed by atoms with Crippen molar-refractivity contribution in [2.45, 2.75) is 19.8 Å². The van der Waals surface area contributed by atoms with Gasteiger partial charge in [-0.25, -0.2) is 5.48 Å². The Balaban J connectivity index is 1.52. The molecule has 5 nitrogen and oxygen atoms in total. The molecule has 0 saturated heterocycles. The number of fused-ring (bicyclic) bond motifs is 1. The first-order chi connectivity index (χ1) is 14.5. The average Bonchev–Trinajstić information content (AvgIpc) is 2.74. The molecule has 5 heteroatoms. The van der Waals surface area contributed by atoms with Crippen LogP contribution in [0.4, 0.5) is 22.7 Å². The average molecular weight is 399 g/mol. The molecule has 4 rings (SSSR count). The molecule has 4 aromatic rings. The molecule has 0 saturated carbocycles. The number of aryl methyl sites for hydroxylation is 3. The largest absolute Gasteiger partial charge is 0.399 e. The van der Waals surface area contributed by atoms with Crippen molar-refractivity contribution in [2.75, 3.05) is 22.7 Å². The first-order valence-corrected chi connectivity index (χ1v) is 9.95. The second-order valence-electron chi connectivity index (χ2n) is 7.47. The van der Waals surface area contributed by atoms with Gasteiger partial charge in [0.15, 0.2) is 5.75 Å². The fourth-order valence-electron chi connectivity index (χ4n) is 3.74. The van der Waals surface area contributed by atoms with Crippen molar-refractivity contribution in [1.29, 1.82) is 0 Å². The molecule has 0 aromatic heterocycles. The third kappa shape index (κ3) is 3.96. The highest BCUT2D eigenvalue weighted by Crippen LogP contribution is 2.29. The van der Waals surface area contributed by atoms with Crippen LogP contribution in [0.3, 0.4) is 0 Å². The molecule has 0 aliphatic carbocycles. The monoisotopic (exact) mass is 398 g/mol. The molecular weight excluding hydrogens is 372 g/mol. The molecule has 0 bridgehead atoms. The van der Waals surface area contributed by atoms with Gasteiger partial charge in [-0.2, -0.15) is 0 Å².